The number of aromatic nitrogens is 1. The summed E-state index contributed by atoms with van der Waals surface area (Å²) in [5.74, 6) is -0.0148. The van der Waals surface area contributed by atoms with Crippen LogP contribution in [0.2, 0.25) is 0 Å². The van der Waals surface area contributed by atoms with Crippen LogP contribution in [0.4, 0.5) is 0 Å². The van der Waals surface area contributed by atoms with Crippen molar-refractivity contribution in [3.63, 3.8) is 0 Å². The van der Waals surface area contributed by atoms with Crippen LogP contribution in [-0.4, -0.2) is 24.0 Å². The van der Waals surface area contributed by atoms with Crippen LogP contribution in [0, 0.1) is 5.41 Å². The number of hydrogen-bond acceptors (Lipinski definition) is 3. The van der Waals surface area contributed by atoms with Crippen LogP contribution < -0.4 is 11.1 Å². The Kier molecular flexibility index (Phi) is 3.40. The van der Waals surface area contributed by atoms with Crippen molar-refractivity contribution in [3.05, 3.63) is 42.1 Å². The van der Waals surface area contributed by atoms with Crippen molar-refractivity contribution in [1.29, 1.82) is 0 Å². The highest BCUT2D eigenvalue weighted by Crippen LogP contribution is 2.47. The lowest BCUT2D eigenvalue weighted by Crippen LogP contribution is -2.31. The number of nitrogens with zero attached hydrogens (tertiary/aromatic N) is 1. The number of carbonyl (C=O) groups is 1. The van der Waals surface area contributed by atoms with Crippen molar-refractivity contribution >= 4 is 16.8 Å². The Morgan fingerprint density at radius 3 is 2.95 bits per heavy atom. The molecule has 0 atom stereocenters. The van der Waals surface area contributed by atoms with Crippen LogP contribution in [0.15, 0.2) is 36.5 Å². The Labute approximate surface area is 118 Å². The van der Waals surface area contributed by atoms with Gasteiger partial charge in [0.2, 0.25) is 0 Å². The smallest absolute Gasteiger partial charge is 0.251 e. The minimum absolute atomic E-state index is 0.0148. The normalized spacial score (nSPS) is 16.1. The van der Waals surface area contributed by atoms with Crippen LogP contribution in [0.3, 0.4) is 0 Å². The topological polar surface area (TPSA) is 68.0 Å². The van der Waals surface area contributed by atoms with Crippen molar-refractivity contribution in [3.8, 4) is 0 Å². The quantitative estimate of drug-likeness (QED) is 0.873. The highest BCUT2D eigenvalue weighted by Gasteiger charge is 2.41. The number of hydrogen-bond donors (Lipinski definition) is 2. The molecule has 1 aromatic carbocycles. The van der Waals surface area contributed by atoms with Gasteiger partial charge in [-0.2, -0.15) is 0 Å². The first-order valence-corrected chi connectivity index (χ1v) is 7.06. The molecule has 0 aliphatic heterocycles. The molecule has 3 rings (SSSR count). The molecule has 0 bridgehead atoms. The van der Waals surface area contributed by atoms with E-state index in [0.29, 0.717) is 12.1 Å². The lowest BCUT2D eigenvalue weighted by Gasteiger charge is -2.14. The van der Waals surface area contributed by atoms with Crippen LogP contribution in [0.25, 0.3) is 10.9 Å². The number of pyridine rings is 1. The third-order valence-corrected chi connectivity index (χ3v) is 4.12. The second-order valence-corrected chi connectivity index (χ2v) is 5.63. The zero-order valence-corrected chi connectivity index (χ0v) is 11.4. The first-order valence-electron chi connectivity index (χ1n) is 7.06. The van der Waals surface area contributed by atoms with E-state index in [1.165, 1.54) is 12.8 Å². The number of benzene rings is 1. The van der Waals surface area contributed by atoms with Gasteiger partial charge >= 0.3 is 0 Å². The molecule has 1 aromatic heterocycles. The monoisotopic (exact) mass is 269 g/mol. The molecule has 2 aromatic rings. The Morgan fingerprint density at radius 1 is 1.35 bits per heavy atom. The standard InChI is InChI=1S/C16H19N3O/c17-8-7-16(5-6-16)11-19-15(20)13-3-4-14-12(10-13)2-1-9-18-14/h1-4,9-10H,5-8,11,17H2,(H,19,20). The molecule has 0 unspecified atom stereocenters. The Morgan fingerprint density at radius 2 is 2.20 bits per heavy atom. The maximum atomic E-state index is 12.2. The lowest BCUT2D eigenvalue weighted by atomic mass is 10.0. The van der Waals surface area contributed by atoms with Crippen molar-refractivity contribution < 1.29 is 4.79 Å². The van der Waals surface area contributed by atoms with E-state index in [2.05, 4.69) is 10.3 Å². The van der Waals surface area contributed by atoms with Gasteiger partial charge in [-0.15, -0.1) is 0 Å². The molecule has 1 aliphatic carbocycles. The summed E-state index contributed by atoms with van der Waals surface area (Å²) < 4.78 is 0. The fraction of sp³-hybridized carbons (Fsp3) is 0.375. The van der Waals surface area contributed by atoms with Crippen LogP contribution in [0.5, 0.6) is 0 Å². The Bertz CT molecular complexity index is 634. The van der Waals surface area contributed by atoms with Crippen molar-refractivity contribution in [1.82, 2.24) is 10.3 Å². The summed E-state index contributed by atoms with van der Waals surface area (Å²) in [7, 11) is 0. The van der Waals surface area contributed by atoms with Gasteiger partial charge in [0.15, 0.2) is 0 Å². The summed E-state index contributed by atoms with van der Waals surface area (Å²) in [6, 6.07) is 9.45. The molecule has 1 amide bonds. The average molecular weight is 269 g/mol. The van der Waals surface area contributed by atoms with Gasteiger partial charge in [-0.25, -0.2) is 0 Å². The summed E-state index contributed by atoms with van der Waals surface area (Å²) in [6.45, 7) is 1.42. The second-order valence-electron chi connectivity index (χ2n) is 5.63. The van der Waals surface area contributed by atoms with Gasteiger partial charge in [-0.05, 0) is 55.5 Å². The van der Waals surface area contributed by atoms with Gasteiger partial charge in [0.05, 0.1) is 5.52 Å². The number of fused-ring (bicyclic) bond motifs is 1. The zero-order valence-electron chi connectivity index (χ0n) is 11.4. The van der Waals surface area contributed by atoms with E-state index >= 15 is 0 Å². The third kappa shape index (κ3) is 2.65. The molecular formula is C16H19N3O. The molecular weight excluding hydrogens is 250 g/mol. The average Bonchev–Trinajstić information content (AvgIpc) is 3.25. The maximum Gasteiger partial charge on any atom is 0.251 e. The van der Waals surface area contributed by atoms with E-state index in [0.717, 1.165) is 23.9 Å². The SMILES string of the molecule is NCCC1(CNC(=O)c2ccc3ncccc3c2)CC1. The minimum Gasteiger partial charge on any atom is -0.351 e. The fourth-order valence-electron chi connectivity index (χ4n) is 2.58. The second kappa shape index (κ2) is 5.21. The molecule has 4 nitrogen and oxygen atoms in total. The molecule has 0 saturated heterocycles. The van der Waals surface area contributed by atoms with Crippen molar-refractivity contribution in [2.75, 3.05) is 13.1 Å². The van der Waals surface area contributed by atoms with Gasteiger partial charge in [-0.1, -0.05) is 6.07 Å². The molecule has 1 heterocycles. The van der Waals surface area contributed by atoms with E-state index in [1.54, 1.807) is 6.20 Å². The molecule has 0 radical (unpaired) electrons. The number of carbonyl (C=O) groups excluding carboxylic acids is 1. The van der Waals surface area contributed by atoms with E-state index in [-0.39, 0.29) is 11.3 Å². The van der Waals surface area contributed by atoms with E-state index in [9.17, 15) is 4.79 Å². The largest absolute Gasteiger partial charge is 0.351 e. The predicted molar refractivity (Wildman–Crippen MR) is 79.4 cm³/mol. The molecule has 1 saturated carbocycles. The maximum absolute atomic E-state index is 12.2. The highest BCUT2D eigenvalue weighted by atomic mass is 16.1. The van der Waals surface area contributed by atoms with Gasteiger partial charge in [0, 0.05) is 23.7 Å². The number of nitrogens with one attached hydrogen (secondary N) is 1. The van der Waals surface area contributed by atoms with Crippen LogP contribution >= 0.6 is 0 Å². The summed E-state index contributed by atoms with van der Waals surface area (Å²) >= 11 is 0. The summed E-state index contributed by atoms with van der Waals surface area (Å²) in [6.07, 6.45) is 5.10. The highest BCUT2D eigenvalue weighted by molar-refractivity contribution is 5.97. The van der Waals surface area contributed by atoms with E-state index < -0.39 is 0 Å². The summed E-state index contributed by atoms with van der Waals surface area (Å²) in [5.41, 5.74) is 7.48. The first-order chi connectivity index (χ1) is 9.72. The van der Waals surface area contributed by atoms with Gasteiger partial charge < -0.3 is 11.1 Å². The molecule has 20 heavy (non-hydrogen) atoms. The van der Waals surface area contributed by atoms with Gasteiger partial charge in [-0.3, -0.25) is 9.78 Å². The zero-order chi connectivity index (χ0) is 14.0. The molecule has 0 spiro atoms. The molecule has 1 aliphatic rings. The fourth-order valence-corrected chi connectivity index (χ4v) is 2.58. The lowest BCUT2D eigenvalue weighted by molar-refractivity contribution is 0.0944. The van der Waals surface area contributed by atoms with Gasteiger partial charge in [0.1, 0.15) is 0 Å². The predicted octanol–water partition coefficient (Wildman–Crippen LogP) is 2.09. The number of amides is 1. The molecule has 3 N–H and O–H groups in total. The molecule has 4 heteroatoms. The number of rotatable bonds is 5. The van der Waals surface area contributed by atoms with E-state index in [1.807, 2.05) is 30.3 Å². The van der Waals surface area contributed by atoms with Crippen molar-refractivity contribution in [2.45, 2.75) is 19.3 Å². The first kappa shape index (κ1) is 13.1. The van der Waals surface area contributed by atoms with Crippen LogP contribution in [-0.2, 0) is 0 Å². The van der Waals surface area contributed by atoms with Gasteiger partial charge in [0.25, 0.3) is 5.91 Å². The van der Waals surface area contributed by atoms with E-state index in [4.69, 9.17) is 5.73 Å². The minimum atomic E-state index is -0.0148. The Hall–Kier alpha value is -1.94. The molecule has 104 valence electrons. The summed E-state index contributed by atoms with van der Waals surface area (Å²) in [4.78, 5) is 16.5. The Balaban J connectivity index is 1.69. The van der Waals surface area contributed by atoms with Crippen LogP contribution in [0.1, 0.15) is 29.6 Å². The summed E-state index contributed by atoms with van der Waals surface area (Å²) in [5, 5.41) is 4.03. The number of nitrogens with two attached hydrogens (primary N) is 1. The molecule has 1 fully saturated rings. The van der Waals surface area contributed by atoms with Crippen molar-refractivity contribution in [2.24, 2.45) is 11.1 Å². The third-order valence-electron chi connectivity index (χ3n) is 4.12.